The lowest BCUT2D eigenvalue weighted by atomic mass is 9.95. The van der Waals surface area contributed by atoms with Gasteiger partial charge in [-0.3, -0.25) is 4.57 Å². The van der Waals surface area contributed by atoms with E-state index in [1.165, 1.54) is 22.3 Å². The molecule has 0 atom stereocenters. The highest BCUT2D eigenvalue weighted by atomic mass is 16.3. The van der Waals surface area contributed by atoms with Crippen molar-refractivity contribution >= 4 is 22.0 Å². The van der Waals surface area contributed by atoms with Gasteiger partial charge >= 0.3 is 0 Å². The summed E-state index contributed by atoms with van der Waals surface area (Å²) in [7, 11) is 0. The normalized spacial score (nSPS) is 12.9. The zero-order valence-electron chi connectivity index (χ0n) is 23.0. The first-order valence-electron chi connectivity index (χ1n) is 13.4. The van der Waals surface area contributed by atoms with Crippen LogP contribution >= 0.6 is 0 Å². The summed E-state index contributed by atoms with van der Waals surface area (Å²) in [4.78, 5) is 5.05. The number of rotatable bonds is 5. The highest BCUT2D eigenvalue weighted by molar-refractivity contribution is 5.95. The lowest BCUT2D eigenvalue weighted by Crippen LogP contribution is -2.00. The molecule has 0 aliphatic heterocycles. The molecule has 0 unspecified atom stereocenters. The van der Waals surface area contributed by atoms with Gasteiger partial charge in [-0.2, -0.15) is 0 Å². The molecule has 2 heterocycles. The van der Waals surface area contributed by atoms with Crippen LogP contribution in [-0.4, -0.2) is 9.55 Å². The minimum atomic E-state index is -1.44. The Balaban J connectivity index is 1.55. The number of benzene rings is 4. The summed E-state index contributed by atoms with van der Waals surface area (Å²) in [5, 5.41) is 0.916. The molecule has 6 aromatic rings. The van der Waals surface area contributed by atoms with Crippen molar-refractivity contribution in [2.24, 2.45) is 5.92 Å². The standard InChI is InChI=1S/C33H30N2O/c1-21(2)16-24-14-15-27-28(20-36-31(27)19-24)33-34-29-12-8-9-13-30(29)35(33)26-17-22(3)32(23(4)18-26)25-10-6-5-7-11-25/h5-15,17-21H,16H2,1-4H3/i16D2. The van der Waals surface area contributed by atoms with Crippen LogP contribution in [0.15, 0.2) is 95.6 Å². The fraction of sp³-hybridized carbons (Fsp3) is 0.182. The molecule has 0 fully saturated rings. The van der Waals surface area contributed by atoms with Crippen LogP contribution in [0, 0.1) is 19.8 Å². The number of hydrogen-bond acceptors (Lipinski definition) is 2. The molecule has 6 rings (SSSR count). The van der Waals surface area contributed by atoms with Gasteiger partial charge in [-0.05, 0) is 84.3 Å². The summed E-state index contributed by atoms with van der Waals surface area (Å²) in [6.45, 7) is 8.12. The second kappa shape index (κ2) is 8.83. The van der Waals surface area contributed by atoms with Gasteiger partial charge in [-0.15, -0.1) is 0 Å². The summed E-state index contributed by atoms with van der Waals surface area (Å²) in [5.74, 6) is 0.653. The van der Waals surface area contributed by atoms with Crippen molar-refractivity contribution < 1.29 is 7.16 Å². The Morgan fingerprint density at radius 3 is 2.36 bits per heavy atom. The number of nitrogens with zero attached hydrogens (tertiary/aromatic N) is 2. The lowest BCUT2D eigenvalue weighted by molar-refractivity contribution is 0.613. The van der Waals surface area contributed by atoms with Gasteiger partial charge < -0.3 is 4.42 Å². The van der Waals surface area contributed by atoms with Gasteiger partial charge in [0, 0.05) is 13.8 Å². The van der Waals surface area contributed by atoms with Gasteiger partial charge in [-0.1, -0.05) is 68.4 Å². The van der Waals surface area contributed by atoms with Crippen LogP contribution in [0.5, 0.6) is 0 Å². The van der Waals surface area contributed by atoms with E-state index in [0.717, 1.165) is 33.5 Å². The van der Waals surface area contributed by atoms with Gasteiger partial charge in [0.1, 0.15) is 17.7 Å². The second-order valence-corrected chi connectivity index (χ2v) is 9.74. The molecule has 4 aromatic carbocycles. The van der Waals surface area contributed by atoms with Gasteiger partial charge in [0.25, 0.3) is 0 Å². The van der Waals surface area contributed by atoms with Gasteiger partial charge in [-0.25, -0.2) is 4.98 Å². The van der Waals surface area contributed by atoms with Crippen molar-refractivity contribution in [3.05, 3.63) is 108 Å². The molecule has 0 amide bonds. The smallest absolute Gasteiger partial charge is 0.149 e. The predicted molar refractivity (Wildman–Crippen MR) is 150 cm³/mol. The molecule has 0 saturated carbocycles. The van der Waals surface area contributed by atoms with E-state index >= 15 is 0 Å². The molecule has 0 bridgehead atoms. The van der Waals surface area contributed by atoms with Crippen LogP contribution in [0.1, 0.15) is 33.3 Å². The van der Waals surface area contributed by atoms with E-state index in [4.69, 9.17) is 12.1 Å². The molecule has 0 aliphatic carbocycles. The summed E-state index contributed by atoms with van der Waals surface area (Å²) in [6.07, 6.45) is 0.305. The minimum Gasteiger partial charge on any atom is -0.464 e. The molecule has 0 spiro atoms. The van der Waals surface area contributed by atoms with Crippen LogP contribution in [0.2, 0.25) is 0 Å². The van der Waals surface area contributed by atoms with E-state index in [9.17, 15) is 0 Å². The first-order valence-corrected chi connectivity index (χ1v) is 12.4. The fourth-order valence-corrected chi connectivity index (χ4v) is 5.22. The van der Waals surface area contributed by atoms with Crippen molar-refractivity contribution in [1.82, 2.24) is 9.55 Å². The summed E-state index contributed by atoms with van der Waals surface area (Å²) in [5.41, 5.74) is 10.0. The van der Waals surface area contributed by atoms with E-state index in [-0.39, 0.29) is 5.92 Å². The molecule has 0 N–H and O–H groups in total. The largest absolute Gasteiger partial charge is 0.464 e. The molecule has 0 saturated heterocycles. The number of hydrogen-bond donors (Lipinski definition) is 0. The van der Waals surface area contributed by atoms with Crippen LogP contribution < -0.4 is 0 Å². The third-order valence-electron chi connectivity index (χ3n) is 6.67. The molecule has 178 valence electrons. The maximum Gasteiger partial charge on any atom is 0.149 e. The maximum absolute atomic E-state index is 8.52. The average Bonchev–Trinajstić information content (AvgIpc) is 3.49. The number of furan rings is 1. The third kappa shape index (κ3) is 3.81. The Bertz CT molecular complexity index is 1770. The van der Waals surface area contributed by atoms with Gasteiger partial charge in [0.2, 0.25) is 0 Å². The van der Waals surface area contributed by atoms with Gasteiger partial charge in [0.05, 0.1) is 16.6 Å². The molecule has 36 heavy (non-hydrogen) atoms. The second-order valence-electron chi connectivity index (χ2n) is 9.74. The maximum atomic E-state index is 8.52. The number of aromatic nitrogens is 2. The summed E-state index contributed by atoms with van der Waals surface area (Å²) in [6, 6.07) is 28.8. The van der Waals surface area contributed by atoms with Crippen LogP contribution in [-0.2, 0) is 6.37 Å². The number of aryl methyl sites for hydroxylation is 2. The highest BCUT2D eigenvalue weighted by Gasteiger charge is 2.20. The van der Waals surface area contributed by atoms with Crippen molar-refractivity contribution in [3.8, 4) is 28.2 Å². The van der Waals surface area contributed by atoms with E-state index in [0.29, 0.717) is 11.1 Å². The summed E-state index contributed by atoms with van der Waals surface area (Å²) >= 11 is 0. The minimum absolute atomic E-state index is 0.149. The first kappa shape index (κ1) is 20.1. The van der Waals surface area contributed by atoms with E-state index < -0.39 is 6.37 Å². The highest BCUT2D eigenvalue weighted by Crippen LogP contribution is 2.37. The number of para-hydroxylation sites is 2. The average molecular weight is 473 g/mol. The Hall–Kier alpha value is -4.11. The van der Waals surface area contributed by atoms with Crippen LogP contribution in [0.3, 0.4) is 0 Å². The Morgan fingerprint density at radius 1 is 0.889 bits per heavy atom. The van der Waals surface area contributed by atoms with Crippen molar-refractivity contribution in [1.29, 1.82) is 0 Å². The Labute approximate surface area is 214 Å². The number of fused-ring (bicyclic) bond motifs is 2. The Kier molecular flexibility index (Phi) is 4.94. The van der Waals surface area contributed by atoms with Crippen molar-refractivity contribution in [2.75, 3.05) is 0 Å². The predicted octanol–water partition coefficient (Wildman–Crippen LogP) is 8.92. The first-order chi connectivity index (χ1) is 18.3. The molecule has 3 heteroatoms. The Morgan fingerprint density at radius 2 is 1.61 bits per heavy atom. The molecule has 0 aliphatic rings. The zero-order chi connectivity index (χ0) is 26.6. The monoisotopic (exact) mass is 472 g/mol. The molecule has 2 aromatic heterocycles. The lowest BCUT2D eigenvalue weighted by Gasteiger charge is -2.16. The SMILES string of the molecule is [2H]C([2H])(c1ccc2c(-c3nc4ccccc4n3-c3cc(C)c(-c4ccccc4)c(C)c3)coc2c1)C(C)C. The molecular weight excluding hydrogens is 440 g/mol. The topological polar surface area (TPSA) is 31.0 Å². The van der Waals surface area contributed by atoms with E-state index in [1.54, 1.807) is 6.26 Å². The van der Waals surface area contributed by atoms with Gasteiger partial charge in [0.15, 0.2) is 0 Å². The third-order valence-corrected chi connectivity index (χ3v) is 6.67. The van der Waals surface area contributed by atoms with E-state index in [2.05, 4.69) is 60.9 Å². The molecular formula is C33H30N2O. The van der Waals surface area contributed by atoms with Crippen molar-refractivity contribution in [2.45, 2.75) is 34.1 Å². The number of imidazole rings is 1. The summed E-state index contributed by atoms with van der Waals surface area (Å²) < 4.78 is 25.2. The molecule has 0 radical (unpaired) electrons. The van der Waals surface area contributed by atoms with Crippen LogP contribution in [0.25, 0.3) is 50.2 Å². The zero-order valence-corrected chi connectivity index (χ0v) is 21.0. The quantitative estimate of drug-likeness (QED) is 0.251. The van der Waals surface area contributed by atoms with E-state index in [1.807, 2.05) is 56.3 Å². The van der Waals surface area contributed by atoms with Crippen LogP contribution in [0.4, 0.5) is 0 Å². The fourth-order valence-electron chi connectivity index (χ4n) is 5.22. The molecule has 3 nitrogen and oxygen atoms in total. The van der Waals surface area contributed by atoms with Crippen molar-refractivity contribution in [3.63, 3.8) is 0 Å².